The fourth-order valence-corrected chi connectivity index (χ4v) is 4.04. The van der Waals surface area contributed by atoms with Gasteiger partial charge in [-0.1, -0.05) is 17.7 Å². The van der Waals surface area contributed by atoms with Gasteiger partial charge < -0.3 is 15.0 Å². The number of benzene rings is 2. The number of aryl methyl sites for hydroxylation is 1. The number of sulfonamides is 1. The Morgan fingerprint density at radius 3 is 2.63 bits per heavy atom. The van der Waals surface area contributed by atoms with Crippen LogP contribution in [0.15, 0.2) is 47.4 Å². The summed E-state index contributed by atoms with van der Waals surface area (Å²) in [5, 5.41) is 7.98. The number of nitrogens with zero attached hydrogens (tertiary/aromatic N) is 1. The predicted octanol–water partition coefficient (Wildman–Crippen LogP) is 2.55. The number of hydrogen-bond acceptors (Lipinski definition) is 5. The summed E-state index contributed by atoms with van der Waals surface area (Å²) < 4.78 is 64.8. The first kappa shape index (κ1) is 21.9. The van der Waals surface area contributed by atoms with E-state index in [2.05, 4.69) is 10.1 Å². The summed E-state index contributed by atoms with van der Waals surface area (Å²) in [5.74, 6) is -0.909. The molecule has 1 heterocycles. The van der Waals surface area contributed by atoms with Crippen molar-refractivity contribution < 1.29 is 31.1 Å². The van der Waals surface area contributed by atoms with Gasteiger partial charge in [0.15, 0.2) is 0 Å². The van der Waals surface area contributed by atoms with Gasteiger partial charge in [0.05, 0.1) is 10.5 Å². The highest BCUT2D eigenvalue weighted by Gasteiger charge is 2.32. The third-order valence-corrected chi connectivity index (χ3v) is 5.60. The molecule has 11 heteroatoms. The van der Waals surface area contributed by atoms with Gasteiger partial charge in [0.2, 0.25) is 10.0 Å². The molecule has 0 saturated carbocycles. The number of rotatable bonds is 5. The first-order valence-electron chi connectivity index (χ1n) is 8.97. The van der Waals surface area contributed by atoms with E-state index in [-0.39, 0.29) is 22.3 Å². The maximum atomic E-state index is 12.7. The molecule has 3 rings (SSSR count). The van der Waals surface area contributed by atoms with Crippen molar-refractivity contribution in [2.75, 3.05) is 18.0 Å². The minimum absolute atomic E-state index is 0.0449. The third-order valence-electron chi connectivity index (χ3n) is 4.63. The lowest BCUT2D eigenvalue weighted by Crippen LogP contribution is -2.38. The molecule has 2 aromatic carbocycles. The van der Waals surface area contributed by atoms with Crippen LogP contribution in [0, 0.1) is 6.92 Å². The number of ether oxygens (including phenoxy) is 1. The van der Waals surface area contributed by atoms with Crippen LogP contribution in [0.4, 0.5) is 18.9 Å². The summed E-state index contributed by atoms with van der Waals surface area (Å²) in [4.78, 5) is 14.2. The molecule has 0 aliphatic carbocycles. The standard InChI is InChI=1S/C19H20F3N3O4S/c1-12-5-6-17(30(23,27)28)16(9-12)18(26)24-13-7-8-25(11-13)14-3-2-4-15(10-14)29-19(20,21)22/h2-6,9-10,13H,7-8,11H2,1H3,(H,24,26)(H2,23,27,28). The van der Waals surface area contributed by atoms with E-state index in [0.717, 1.165) is 0 Å². The molecule has 162 valence electrons. The van der Waals surface area contributed by atoms with Gasteiger partial charge in [-0.05, 0) is 37.6 Å². The third kappa shape index (κ3) is 5.42. The molecule has 0 aromatic heterocycles. The zero-order chi connectivity index (χ0) is 22.1. The van der Waals surface area contributed by atoms with Gasteiger partial charge in [-0.15, -0.1) is 13.2 Å². The quantitative estimate of drug-likeness (QED) is 0.740. The molecule has 1 atom stereocenters. The second kappa shape index (κ2) is 8.15. The Morgan fingerprint density at radius 2 is 1.97 bits per heavy atom. The molecular formula is C19H20F3N3O4S. The van der Waals surface area contributed by atoms with E-state index >= 15 is 0 Å². The van der Waals surface area contributed by atoms with E-state index in [4.69, 9.17) is 5.14 Å². The molecule has 1 aliphatic rings. The molecule has 0 radical (unpaired) electrons. The number of halogens is 3. The lowest BCUT2D eigenvalue weighted by Gasteiger charge is -2.20. The molecule has 1 unspecified atom stereocenters. The average Bonchev–Trinajstić information content (AvgIpc) is 3.08. The van der Waals surface area contributed by atoms with Gasteiger partial charge in [-0.3, -0.25) is 4.79 Å². The SMILES string of the molecule is Cc1ccc(S(N)(=O)=O)c(C(=O)NC2CCN(c3cccc(OC(F)(F)F)c3)C2)c1. The number of nitrogens with one attached hydrogen (secondary N) is 1. The molecule has 1 saturated heterocycles. The van der Waals surface area contributed by atoms with E-state index < -0.39 is 22.3 Å². The Morgan fingerprint density at radius 1 is 1.23 bits per heavy atom. The number of carbonyl (C=O) groups excluding carboxylic acids is 1. The Hall–Kier alpha value is -2.79. The van der Waals surface area contributed by atoms with Crippen molar-refractivity contribution >= 4 is 21.6 Å². The summed E-state index contributed by atoms with van der Waals surface area (Å²) in [5.41, 5.74) is 1.17. The number of hydrogen-bond donors (Lipinski definition) is 2. The van der Waals surface area contributed by atoms with Crippen LogP contribution in [0.2, 0.25) is 0 Å². The number of carbonyl (C=O) groups is 1. The van der Waals surface area contributed by atoms with Crippen LogP contribution in [-0.2, 0) is 10.0 Å². The van der Waals surface area contributed by atoms with Crippen molar-refractivity contribution in [1.29, 1.82) is 0 Å². The second-order valence-electron chi connectivity index (χ2n) is 6.99. The number of primary sulfonamides is 1. The Kier molecular flexibility index (Phi) is 5.95. The van der Waals surface area contributed by atoms with Gasteiger partial charge >= 0.3 is 6.36 Å². The van der Waals surface area contributed by atoms with Crippen LogP contribution < -0.4 is 20.1 Å². The monoisotopic (exact) mass is 443 g/mol. The fourth-order valence-electron chi connectivity index (χ4n) is 3.32. The largest absolute Gasteiger partial charge is 0.573 e. The molecule has 1 fully saturated rings. The normalized spacial score (nSPS) is 17.1. The van der Waals surface area contributed by atoms with Gasteiger partial charge in [-0.25, -0.2) is 13.6 Å². The van der Waals surface area contributed by atoms with E-state index in [0.29, 0.717) is 30.8 Å². The molecule has 1 aliphatic heterocycles. The van der Waals surface area contributed by atoms with E-state index in [9.17, 15) is 26.4 Å². The van der Waals surface area contributed by atoms with E-state index in [1.165, 1.54) is 30.3 Å². The van der Waals surface area contributed by atoms with Crippen LogP contribution in [-0.4, -0.2) is 39.8 Å². The Balaban J connectivity index is 1.71. The summed E-state index contributed by atoms with van der Waals surface area (Å²) in [6, 6.07) is 9.53. The predicted molar refractivity (Wildman–Crippen MR) is 104 cm³/mol. The number of alkyl halides is 3. The first-order chi connectivity index (χ1) is 13.9. The fraction of sp³-hybridized carbons (Fsp3) is 0.316. The maximum absolute atomic E-state index is 12.7. The molecule has 3 N–H and O–H groups in total. The van der Waals surface area contributed by atoms with Crippen molar-refractivity contribution in [1.82, 2.24) is 5.32 Å². The van der Waals surface area contributed by atoms with Crippen molar-refractivity contribution in [2.24, 2.45) is 5.14 Å². The van der Waals surface area contributed by atoms with Gasteiger partial charge in [0.1, 0.15) is 5.75 Å². The Bertz CT molecular complexity index is 1060. The van der Waals surface area contributed by atoms with Gasteiger partial charge in [0.25, 0.3) is 5.91 Å². The van der Waals surface area contributed by atoms with Crippen LogP contribution in [0.5, 0.6) is 5.75 Å². The molecule has 1 amide bonds. The lowest BCUT2D eigenvalue weighted by molar-refractivity contribution is -0.274. The molecule has 30 heavy (non-hydrogen) atoms. The Labute approximate surface area is 171 Å². The van der Waals surface area contributed by atoms with E-state index in [1.54, 1.807) is 19.1 Å². The van der Waals surface area contributed by atoms with E-state index in [1.807, 2.05) is 4.90 Å². The smallest absolute Gasteiger partial charge is 0.406 e. The highest BCUT2D eigenvalue weighted by molar-refractivity contribution is 7.89. The van der Waals surface area contributed by atoms with Crippen molar-refractivity contribution in [3.05, 3.63) is 53.6 Å². The molecule has 0 bridgehead atoms. The second-order valence-corrected chi connectivity index (χ2v) is 8.52. The topological polar surface area (TPSA) is 102 Å². The van der Waals surface area contributed by atoms with Crippen molar-refractivity contribution in [3.63, 3.8) is 0 Å². The summed E-state index contributed by atoms with van der Waals surface area (Å²) in [7, 11) is -4.08. The molecule has 2 aromatic rings. The first-order valence-corrected chi connectivity index (χ1v) is 10.5. The zero-order valence-corrected chi connectivity index (χ0v) is 16.8. The molecule has 0 spiro atoms. The van der Waals surface area contributed by atoms with Crippen molar-refractivity contribution in [2.45, 2.75) is 30.6 Å². The van der Waals surface area contributed by atoms with Crippen LogP contribution >= 0.6 is 0 Å². The molecular weight excluding hydrogens is 423 g/mol. The van der Waals surface area contributed by atoms with Crippen LogP contribution in [0.3, 0.4) is 0 Å². The number of anilines is 1. The highest BCUT2D eigenvalue weighted by Crippen LogP contribution is 2.28. The minimum Gasteiger partial charge on any atom is -0.406 e. The van der Waals surface area contributed by atoms with Gasteiger partial charge in [0, 0.05) is 30.9 Å². The van der Waals surface area contributed by atoms with Crippen molar-refractivity contribution in [3.8, 4) is 5.75 Å². The zero-order valence-electron chi connectivity index (χ0n) is 15.9. The summed E-state index contributed by atoms with van der Waals surface area (Å²) in [6.45, 7) is 2.56. The number of amides is 1. The minimum atomic E-state index is -4.78. The molecule has 7 nitrogen and oxygen atoms in total. The summed E-state index contributed by atoms with van der Waals surface area (Å²) >= 11 is 0. The van der Waals surface area contributed by atoms with Crippen LogP contribution in [0.1, 0.15) is 22.3 Å². The summed E-state index contributed by atoms with van der Waals surface area (Å²) in [6.07, 6.45) is -4.25. The van der Waals surface area contributed by atoms with Gasteiger partial charge in [-0.2, -0.15) is 0 Å². The lowest BCUT2D eigenvalue weighted by atomic mass is 10.1. The number of nitrogens with two attached hydrogens (primary N) is 1. The van der Waals surface area contributed by atoms with Crippen LogP contribution in [0.25, 0.3) is 0 Å². The average molecular weight is 443 g/mol. The highest BCUT2D eigenvalue weighted by atomic mass is 32.2. The maximum Gasteiger partial charge on any atom is 0.573 e.